The van der Waals surface area contributed by atoms with Crippen molar-refractivity contribution in [2.75, 3.05) is 20.8 Å². The molecule has 0 aliphatic carbocycles. The monoisotopic (exact) mass is 208 g/mol. The van der Waals surface area contributed by atoms with Crippen molar-refractivity contribution < 1.29 is 29.5 Å². The first-order valence-corrected chi connectivity index (χ1v) is 4.33. The predicted octanol–water partition coefficient (Wildman–Crippen LogP) is -1.91. The molecule has 5 atom stereocenters. The van der Waals surface area contributed by atoms with Crippen molar-refractivity contribution in [3.8, 4) is 0 Å². The molecule has 0 unspecified atom stereocenters. The maximum absolute atomic E-state index is 9.59. The van der Waals surface area contributed by atoms with E-state index in [9.17, 15) is 10.2 Å². The van der Waals surface area contributed by atoms with E-state index < -0.39 is 30.7 Å². The molecular weight excluding hydrogens is 192 g/mol. The van der Waals surface area contributed by atoms with Gasteiger partial charge in [0.15, 0.2) is 6.29 Å². The first kappa shape index (κ1) is 11.8. The lowest BCUT2D eigenvalue weighted by Gasteiger charge is -2.40. The summed E-state index contributed by atoms with van der Waals surface area (Å²) in [5.41, 5.74) is 0. The highest BCUT2D eigenvalue weighted by molar-refractivity contribution is 4.89. The standard InChI is InChI=1S/C8H16O6/c1-12-7-4(3-9)14-8(13-2)6(11)5(7)10/h4-11H,3H2,1-2H3/t4-,5-,6+,7-,8+/m1/s1. The minimum atomic E-state index is -1.17. The smallest absolute Gasteiger partial charge is 0.186 e. The topological polar surface area (TPSA) is 88.4 Å². The maximum atomic E-state index is 9.59. The van der Waals surface area contributed by atoms with Crippen molar-refractivity contribution in [1.29, 1.82) is 0 Å². The van der Waals surface area contributed by atoms with E-state index in [2.05, 4.69) is 0 Å². The van der Waals surface area contributed by atoms with Crippen molar-refractivity contribution in [2.24, 2.45) is 0 Å². The van der Waals surface area contributed by atoms with Crippen LogP contribution in [-0.2, 0) is 14.2 Å². The Morgan fingerprint density at radius 3 is 2.21 bits per heavy atom. The second-order valence-corrected chi connectivity index (χ2v) is 3.14. The van der Waals surface area contributed by atoms with Gasteiger partial charge in [0.2, 0.25) is 0 Å². The van der Waals surface area contributed by atoms with Crippen molar-refractivity contribution >= 4 is 0 Å². The minimum Gasteiger partial charge on any atom is -0.394 e. The van der Waals surface area contributed by atoms with Crippen molar-refractivity contribution in [1.82, 2.24) is 0 Å². The van der Waals surface area contributed by atoms with E-state index in [0.29, 0.717) is 0 Å². The number of ether oxygens (including phenoxy) is 3. The molecule has 84 valence electrons. The molecule has 0 bridgehead atoms. The van der Waals surface area contributed by atoms with Gasteiger partial charge in [-0.05, 0) is 0 Å². The molecule has 14 heavy (non-hydrogen) atoms. The van der Waals surface area contributed by atoms with E-state index in [1.807, 2.05) is 0 Å². The molecule has 1 rings (SSSR count). The lowest BCUT2D eigenvalue weighted by atomic mass is 9.99. The fourth-order valence-corrected chi connectivity index (χ4v) is 1.54. The van der Waals surface area contributed by atoms with E-state index in [0.717, 1.165) is 0 Å². The molecule has 3 N–H and O–H groups in total. The van der Waals surface area contributed by atoms with Crippen LogP contribution in [0.1, 0.15) is 0 Å². The predicted molar refractivity (Wildman–Crippen MR) is 45.6 cm³/mol. The number of hydrogen-bond donors (Lipinski definition) is 3. The Hall–Kier alpha value is -0.240. The Labute approximate surface area is 82.0 Å². The van der Waals surface area contributed by atoms with Crippen LogP contribution in [-0.4, -0.2) is 66.9 Å². The Balaban J connectivity index is 2.71. The zero-order chi connectivity index (χ0) is 10.7. The summed E-state index contributed by atoms with van der Waals surface area (Å²) in [6, 6.07) is 0. The lowest BCUT2D eigenvalue weighted by molar-refractivity contribution is -0.298. The van der Waals surface area contributed by atoms with Crippen LogP contribution in [0.4, 0.5) is 0 Å². The van der Waals surface area contributed by atoms with Gasteiger partial charge in [0.25, 0.3) is 0 Å². The van der Waals surface area contributed by atoms with Gasteiger partial charge in [0.1, 0.15) is 24.4 Å². The molecule has 0 radical (unpaired) electrons. The molecule has 1 fully saturated rings. The summed E-state index contributed by atoms with van der Waals surface area (Å²) >= 11 is 0. The molecule has 0 amide bonds. The van der Waals surface area contributed by atoms with E-state index in [1.54, 1.807) is 0 Å². The molecule has 1 heterocycles. The SMILES string of the molecule is CO[C@H]1O[C@H](CO)[C@@H](OC)[C@H](O)[C@@H]1O. The second-order valence-electron chi connectivity index (χ2n) is 3.14. The summed E-state index contributed by atoms with van der Waals surface area (Å²) < 4.78 is 14.9. The van der Waals surface area contributed by atoms with Gasteiger partial charge in [0, 0.05) is 14.2 Å². The number of hydrogen-bond acceptors (Lipinski definition) is 6. The van der Waals surface area contributed by atoms with Gasteiger partial charge in [-0.25, -0.2) is 0 Å². The summed E-state index contributed by atoms with van der Waals surface area (Å²) in [4.78, 5) is 0. The van der Waals surface area contributed by atoms with Gasteiger partial charge >= 0.3 is 0 Å². The molecule has 6 nitrogen and oxygen atoms in total. The highest BCUT2D eigenvalue weighted by atomic mass is 16.7. The first-order valence-electron chi connectivity index (χ1n) is 4.33. The van der Waals surface area contributed by atoms with Gasteiger partial charge in [-0.3, -0.25) is 0 Å². The molecule has 0 aromatic rings. The van der Waals surface area contributed by atoms with Crippen LogP contribution < -0.4 is 0 Å². The Kier molecular flexibility index (Phi) is 4.24. The van der Waals surface area contributed by atoms with Crippen molar-refractivity contribution in [3.05, 3.63) is 0 Å². The maximum Gasteiger partial charge on any atom is 0.186 e. The molecule has 0 spiro atoms. The molecule has 1 saturated heterocycles. The third kappa shape index (κ3) is 2.05. The van der Waals surface area contributed by atoms with Crippen LogP contribution in [0.25, 0.3) is 0 Å². The molecule has 0 aromatic heterocycles. The zero-order valence-corrected chi connectivity index (χ0v) is 8.16. The van der Waals surface area contributed by atoms with Gasteiger partial charge in [-0.15, -0.1) is 0 Å². The highest BCUT2D eigenvalue weighted by Crippen LogP contribution is 2.23. The largest absolute Gasteiger partial charge is 0.394 e. The second kappa shape index (κ2) is 5.01. The van der Waals surface area contributed by atoms with Gasteiger partial charge in [-0.1, -0.05) is 0 Å². The van der Waals surface area contributed by atoms with Gasteiger partial charge in [-0.2, -0.15) is 0 Å². The lowest BCUT2D eigenvalue weighted by Crippen LogP contribution is -2.59. The normalized spacial score (nSPS) is 43.9. The first-order chi connectivity index (χ1) is 6.65. The number of rotatable bonds is 3. The van der Waals surface area contributed by atoms with Crippen molar-refractivity contribution in [2.45, 2.75) is 30.7 Å². The third-order valence-corrected chi connectivity index (χ3v) is 2.33. The van der Waals surface area contributed by atoms with E-state index in [4.69, 9.17) is 19.3 Å². The fraction of sp³-hybridized carbons (Fsp3) is 1.00. The van der Waals surface area contributed by atoms with E-state index in [-0.39, 0.29) is 6.61 Å². The van der Waals surface area contributed by atoms with Crippen LogP contribution >= 0.6 is 0 Å². The summed E-state index contributed by atoms with van der Waals surface area (Å²) in [6.45, 7) is -0.303. The van der Waals surface area contributed by atoms with Crippen LogP contribution in [0.5, 0.6) is 0 Å². The zero-order valence-electron chi connectivity index (χ0n) is 8.16. The quantitative estimate of drug-likeness (QED) is 0.501. The van der Waals surface area contributed by atoms with Gasteiger partial charge in [0.05, 0.1) is 6.61 Å². The molecule has 0 aromatic carbocycles. The van der Waals surface area contributed by atoms with Crippen LogP contribution in [0.3, 0.4) is 0 Å². The summed E-state index contributed by atoms with van der Waals surface area (Å²) in [7, 11) is 2.72. The molecule has 0 saturated carbocycles. The average molecular weight is 208 g/mol. The molecule has 1 aliphatic rings. The van der Waals surface area contributed by atoms with Crippen LogP contribution in [0.15, 0.2) is 0 Å². The molecule has 6 heteroatoms. The summed E-state index contributed by atoms with van der Waals surface area (Å²) in [6.07, 6.45) is -4.68. The Bertz CT molecular complexity index is 173. The number of aliphatic hydroxyl groups is 3. The Morgan fingerprint density at radius 1 is 1.14 bits per heavy atom. The fourth-order valence-electron chi connectivity index (χ4n) is 1.54. The van der Waals surface area contributed by atoms with Crippen molar-refractivity contribution in [3.63, 3.8) is 0 Å². The van der Waals surface area contributed by atoms with E-state index in [1.165, 1.54) is 14.2 Å². The minimum absolute atomic E-state index is 0.303. The summed E-state index contributed by atoms with van der Waals surface area (Å²) in [5, 5.41) is 28.0. The average Bonchev–Trinajstić information content (AvgIpc) is 2.21. The third-order valence-electron chi connectivity index (χ3n) is 2.33. The highest BCUT2D eigenvalue weighted by Gasteiger charge is 2.44. The number of aliphatic hydroxyl groups excluding tert-OH is 3. The molecular formula is C8H16O6. The van der Waals surface area contributed by atoms with Crippen LogP contribution in [0, 0.1) is 0 Å². The summed E-state index contributed by atoms with van der Waals surface area (Å²) in [5.74, 6) is 0. The van der Waals surface area contributed by atoms with Gasteiger partial charge < -0.3 is 29.5 Å². The Morgan fingerprint density at radius 2 is 1.79 bits per heavy atom. The van der Waals surface area contributed by atoms with Crippen LogP contribution in [0.2, 0.25) is 0 Å². The number of methoxy groups -OCH3 is 2. The van der Waals surface area contributed by atoms with E-state index >= 15 is 0 Å². The molecule has 1 aliphatic heterocycles.